The van der Waals surface area contributed by atoms with Crippen molar-refractivity contribution in [3.05, 3.63) is 63.8 Å². The fraction of sp³-hybridized carbons (Fsp3) is 0.318. The van der Waals surface area contributed by atoms with E-state index in [0.29, 0.717) is 36.8 Å². The van der Waals surface area contributed by atoms with Gasteiger partial charge in [0, 0.05) is 37.1 Å². The quantitative estimate of drug-likeness (QED) is 0.613. The molecule has 5 rings (SSSR count). The van der Waals surface area contributed by atoms with Gasteiger partial charge < -0.3 is 9.88 Å². The fourth-order valence-electron chi connectivity index (χ4n) is 4.40. The maximum absolute atomic E-state index is 13.1. The van der Waals surface area contributed by atoms with Gasteiger partial charge in [-0.05, 0) is 64.5 Å². The number of aryl methyl sites for hydroxylation is 2. The van der Waals surface area contributed by atoms with Crippen LogP contribution in [-0.2, 0) is 22.9 Å². The molecule has 2 aromatic carbocycles. The molecule has 156 valence electrons. The Kier molecular flexibility index (Phi) is 4.95. The number of nitrogens with one attached hydrogen (secondary N) is 1. The molecule has 0 bridgehead atoms. The molecule has 1 amide bonds. The van der Waals surface area contributed by atoms with Gasteiger partial charge in [0.05, 0.1) is 9.37 Å². The average molecular weight is 488 g/mol. The van der Waals surface area contributed by atoms with Crippen molar-refractivity contribution < 1.29 is 13.2 Å². The summed E-state index contributed by atoms with van der Waals surface area (Å²) in [4.78, 5) is 18.3. The van der Waals surface area contributed by atoms with E-state index in [1.54, 1.807) is 11.0 Å². The van der Waals surface area contributed by atoms with Crippen molar-refractivity contribution in [3.8, 4) is 0 Å². The standard InChI is InChI=1S/C22H22BrN3O3S/c23-20-18-6-1-2-7-19(18)24-21(20)22(27)25-10-12-26(13-11-25)30(28,29)17-9-8-15-4-3-5-16(15)14-17/h1-2,6-9,14,24H,3-5,10-13H2. The van der Waals surface area contributed by atoms with E-state index in [4.69, 9.17) is 0 Å². The number of hydrogen-bond donors (Lipinski definition) is 1. The Labute approximate surface area is 184 Å². The maximum Gasteiger partial charge on any atom is 0.271 e. The summed E-state index contributed by atoms with van der Waals surface area (Å²) in [5.41, 5.74) is 3.80. The van der Waals surface area contributed by atoms with Crippen LogP contribution in [0, 0.1) is 0 Å². The molecule has 2 aliphatic rings. The minimum Gasteiger partial charge on any atom is -0.350 e. The number of nitrogens with zero attached hydrogens (tertiary/aromatic N) is 2. The molecule has 2 heterocycles. The summed E-state index contributed by atoms with van der Waals surface area (Å²) >= 11 is 3.53. The van der Waals surface area contributed by atoms with E-state index < -0.39 is 10.0 Å². The number of hydrogen-bond acceptors (Lipinski definition) is 3. The second-order valence-corrected chi connectivity index (χ2v) is 10.6. The molecule has 1 fully saturated rings. The first-order chi connectivity index (χ1) is 14.4. The molecule has 8 heteroatoms. The number of sulfonamides is 1. The molecule has 30 heavy (non-hydrogen) atoms. The molecule has 0 radical (unpaired) electrons. The van der Waals surface area contributed by atoms with Gasteiger partial charge in [-0.15, -0.1) is 0 Å². The van der Waals surface area contributed by atoms with Gasteiger partial charge in [-0.25, -0.2) is 8.42 Å². The molecule has 1 aromatic heterocycles. The zero-order valence-electron chi connectivity index (χ0n) is 16.4. The Morgan fingerprint density at radius 1 is 0.967 bits per heavy atom. The Balaban J connectivity index is 1.32. The SMILES string of the molecule is O=C(c1[nH]c2ccccc2c1Br)N1CCN(S(=O)(=O)c2ccc3c(c2)CCC3)CC1. The molecule has 6 nitrogen and oxygen atoms in total. The zero-order valence-corrected chi connectivity index (χ0v) is 18.8. The van der Waals surface area contributed by atoms with Crippen molar-refractivity contribution >= 4 is 42.8 Å². The second kappa shape index (κ2) is 7.51. The Morgan fingerprint density at radius 2 is 1.70 bits per heavy atom. The summed E-state index contributed by atoms with van der Waals surface area (Å²) in [5, 5.41) is 0.957. The van der Waals surface area contributed by atoms with Crippen LogP contribution in [0.3, 0.4) is 0 Å². The molecular weight excluding hydrogens is 466 g/mol. The van der Waals surface area contributed by atoms with E-state index in [1.807, 2.05) is 36.4 Å². The van der Waals surface area contributed by atoms with Crippen LogP contribution in [0.4, 0.5) is 0 Å². The molecular formula is C22H22BrN3O3S. The van der Waals surface area contributed by atoms with Crippen molar-refractivity contribution in [2.24, 2.45) is 0 Å². The molecule has 1 aliphatic heterocycles. The number of rotatable bonds is 3. The molecule has 1 aliphatic carbocycles. The van der Waals surface area contributed by atoms with Crippen molar-refractivity contribution in [3.63, 3.8) is 0 Å². The lowest BCUT2D eigenvalue weighted by Gasteiger charge is -2.34. The van der Waals surface area contributed by atoms with Crippen molar-refractivity contribution in [1.82, 2.24) is 14.2 Å². The van der Waals surface area contributed by atoms with Crippen LogP contribution in [0.2, 0.25) is 0 Å². The maximum atomic E-state index is 13.1. The van der Waals surface area contributed by atoms with Crippen molar-refractivity contribution in [1.29, 1.82) is 0 Å². The fourth-order valence-corrected chi connectivity index (χ4v) is 6.49. The first kappa shape index (κ1) is 19.8. The molecule has 0 unspecified atom stereocenters. The van der Waals surface area contributed by atoms with E-state index in [0.717, 1.165) is 40.2 Å². The summed E-state index contributed by atoms with van der Waals surface area (Å²) in [6, 6.07) is 13.2. The summed E-state index contributed by atoms with van der Waals surface area (Å²) < 4.78 is 28.5. The normalized spacial score (nSPS) is 17.4. The van der Waals surface area contributed by atoms with Crippen LogP contribution in [0.25, 0.3) is 10.9 Å². The number of carbonyl (C=O) groups is 1. The zero-order chi connectivity index (χ0) is 20.9. The van der Waals surface area contributed by atoms with Gasteiger partial charge in [0.25, 0.3) is 5.91 Å². The van der Waals surface area contributed by atoms with Gasteiger partial charge in [-0.3, -0.25) is 4.79 Å². The van der Waals surface area contributed by atoms with E-state index >= 15 is 0 Å². The molecule has 1 saturated heterocycles. The minimum atomic E-state index is -3.55. The summed E-state index contributed by atoms with van der Waals surface area (Å²) in [7, 11) is -3.55. The third-order valence-electron chi connectivity index (χ3n) is 6.09. The van der Waals surface area contributed by atoms with Gasteiger partial charge in [0.2, 0.25) is 10.0 Å². The minimum absolute atomic E-state index is 0.118. The number of aromatic nitrogens is 1. The number of piperazine rings is 1. The summed E-state index contributed by atoms with van der Waals surface area (Å²) in [5.74, 6) is -0.118. The Bertz CT molecular complexity index is 1240. The van der Waals surface area contributed by atoms with E-state index in [1.165, 1.54) is 9.87 Å². The summed E-state index contributed by atoms with van der Waals surface area (Å²) in [6.45, 7) is 1.32. The highest BCUT2D eigenvalue weighted by Gasteiger charge is 2.32. The highest BCUT2D eigenvalue weighted by molar-refractivity contribution is 9.10. The third kappa shape index (κ3) is 3.27. The number of fused-ring (bicyclic) bond motifs is 2. The number of benzene rings is 2. The number of amides is 1. The van der Waals surface area contributed by atoms with Crippen LogP contribution in [0.15, 0.2) is 51.8 Å². The van der Waals surface area contributed by atoms with Crippen LogP contribution in [0.5, 0.6) is 0 Å². The predicted molar refractivity (Wildman–Crippen MR) is 119 cm³/mol. The second-order valence-electron chi connectivity index (χ2n) is 7.84. The average Bonchev–Trinajstić information content (AvgIpc) is 3.37. The number of aromatic amines is 1. The first-order valence-corrected chi connectivity index (χ1v) is 12.4. The van der Waals surface area contributed by atoms with Gasteiger partial charge in [0.15, 0.2) is 0 Å². The highest BCUT2D eigenvalue weighted by Crippen LogP contribution is 2.30. The van der Waals surface area contributed by atoms with Crippen LogP contribution < -0.4 is 0 Å². The number of halogens is 1. The first-order valence-electron chi connectivity index (χ1n) is 10.1. The Morgan fingerprint density at radius 3 is 2.47 bits per heavy atom. The van der Waals surface area contributed by atoms with Crippen molar-refractivity contribution in [2.45, 2.75) is 24.2 Å². The topological polar surface area (TPSA) is 73.5 Å². The van der Waals surface area contributed by atoms with Gasteiger partial charge in [-0.1, -0.05) is 24.3 Å². The predicted octanol–water partition coefficient (Wildman–Crippen LogP) is 3.57. The number of H-pyrrole nitrogens is 1. The van der Waals surface area contributed by atoms with Gasteiger partial charge in [-0.2, -0.15) is 4.31 Å². The van der Waals surface area contributed by atoms with E-state index in [-0.39, 0.29) is 5.91 Å². The number of carbonyl (C=O) groups excluding carboxylic acids is 1. The number of para-hydroxylation sites is 1. The molecule has 0 spiro atoms. The smallest absolute Gasteiger partial charge is 0.271 e. The molecule has 0 atom stereocenters. The third-order valence-corrected chi connectivity index (χ3v) is 8.81. The monoisotopic (exact) mass is 487 g/mol. The van der Waals surface area contributed by atoms with Gasteiger partial charge >= 0.3 is 0 Å². The van der Waals surface area contributed by atoms with Crippen LogP contribution in [0.1, 0.15) is 28.0 Å². The van der Waals surface area contributed by atoms with E-state index in [2.05, 4.69) is 20.9 Å². The van der Waals surface area contributed by atoms with E-state index in [9.17, 15) is 13.2 Å². The Hall–Kier alpha value is -2.16. The molecule has 3 aromatic rings. The van der Waals surface area contributed by atoms with Crippen LogP contribution in [-0.4, -0.2) is 54.7 Å². The summed E-state index contributed by atoms with van der Waals surface area (Å²) in [6.07, 6.45) is 3.06. The lowest BCUT2D eigenvalue weighted by Crippen LogP contribution is -2.50. The molecule has 0 saturated carbocycles. The largest absolute Gasteiger partial charge is 0.350 e. The molecule has 1 N–H and O–H groups in total. The highest BCUT2D eigenvalue weighted by atomic mass is 79.9. The lowest BCUT2D eigenvalue weighted by atomic mass is 10.1. The van der Waals surface area contributed by atoms with Crippen molar-refractivity contribution in [2.75, 3.05) is 26.2 Å². The van der Waals surface area contributed by atoms with Crippen LogP contribution >= 0.6 is 15.9 Å². The van der Waals surface area contributed by atoms with Gasteiger partial charge in [0.1, 0.15) is 5.69 Å². The lowest BCUT2D eigenvalue weighted by molar-refractivity contribution is 0.0692.